The van der Waals surface area contributed by atoms with Gasteiger partial charge in [0.2, 0.25) is 5.91 Å². The van der Waals surface area contributed by atoms with Crippen LogP contribution in [0.5, 0.6) is 0 Å². The summed E-state index contributed by atoms with van der Waals surface area (Å²) in [6, 6.07) is 12.5. The lowest BCUT2D eigenvalue weighted by Gasteiger charge is -2.07. The number of carbonyl (C=O) groups excluding carboxylic acids is 2. The minimum Gasteiger partial charge on any atom is -0.326 e. The third kappa shape index (κ3) is 3.33. The Kier molecular flexibility index (Phi) is 4.35. The predicted molar refractivity (Wildman–Crippen MR) is 83.1 cm³/mol. The van der Waals surface area contributed by atoms with Crippen molar-refractivity contribution in [3.63, 3.8) is 0 Å². The van der Waals surface area contributed by atoms with Gasteiger partial charge < -0.3 is 5.32 Å². The number of nitrogens with one attached hydrogen (secondary N) is 1. The summed E-state index contributed by atoms with van der Waals surface area (Å²) < 4.78 is 0.777. The van der Waals surface area contributed by atoms with E-state index in [2.05, 4.69) is 21.2 Å². The van der Waals surface area contributed by atoms with Crippen molar-refractivity contribution in [1.82, 2.24) is 0 Å². The summed E-state index contributed by atoms with van der Waals surface area (Å²) in [5.41, 5.74) is 2.94. The zero-order valence-corrected chi connectivity index (χ0v) is 12.8. The number of aryl methyl sites for hydroxylation is 1. The van der Waals surface area contributed by atoms with Crippen molar-refractivity contribution in [2.45, 2.75) is 13.8 Å². The SMILES string of the molecule is CC(=O)Nc1ccc(C(=O)c2cc(C)ccc2Br)cc1. The Hall–Kier alpha value is -1.94. The highest BCUT2D eigenvalue weighted by atomic mass is 79.9. The van der Waals surface area contributed by atoms with Gasteiger partial charge in [-0.05, 0) is 43.3 Å². The molecule has 3 nitrogen and oxygen atoms in total. The highest BCUT2D eigenvalue weighted by Gasteiger charge is 2.12. The van der Waals surface area contributed by atoms with Crippen LogP contribution in [0.25, 0.3) is 0 Å². The topological polar surface area (TPSA) is 46.2 Å². The van der Waals surface area contributed by atoms with Gasteiger partial charge in [-0.3, -0.25) is 9.59 Å². The third-order valence-electron chi connectivity index (χ3n) is 2.83. The van der Waals surface area contributed by atoms with E-state index >= 15 is 0 Å². The van der Waals surface area contributed by atoms with Crippen LogP contribution in [0.3, 0.4) is 0 Å². The number of ketones is 1. The lowest BCUT2D eigenvalue weighted by atomic mass is 10.0. The first kappa shape index (κ1) is 14.5. The molecule has 102 valence electrons. The maximum absolute atomic E-state index is 12.4. The minimum atomic E-state index is -0.134. The molecule has 1 amide bonds. The molecule has 0 aliphatic carbocycles. The fourth-order valence-corrected chi connectivity index (χ4v) is 2.30. The van der Waals surface area contributed by atoms with Crippen molar-refractivity contribution in [3.05, 3.63) is 63.6 Å². The van der Waals surface area contributed by atoms with Gasteiger partial charge in [0.1, 0.15) is 0 Å². The van der Waals surface area contributed by atoms with Crippen LogP contribution in [0.15, 0.2) is 46.9 Å². The average Bonchev–Trinajstić information content (AvgIpc) is 2.41. The van der Waals surface area contributed by atoms with E-state index < -0.39 is 0 Å². The molecule has 0 aromatic heterocycles. The van der Waals surface area contributed by atoms with Crippen molar-refractivity contribution in [2.24, 2.45) is 0 Å². The number of amides is 1. The van der Waals surface area contributed by atoms with Crippen LogP contribution in [0.2, 0.25) is 0 Å². The third-order valence-corrected chi connectivity index (χ3v) is 3.53. The summed E-state index contributed by atoms with van der Waals surface area (Å²) in [5, 5.41) is 2.67. The highest BCUT2D eigenvalue weighted by Crippen LogP contribution is 2.22. The number of anilines is 1. The minimum absolute atomic E-state index is 0.0463. The van der Waals surface area contributed by atoms with E-state index in [9.17, 15) is 9.59 Å². The van der Waals surface area contributed by atoms with E-state index in [0.29, 0.717) is 16.8 Å². The zero-order valence-electron chi connectivity index (χ0n) is 11.2. The van der Waals surface area contributed by atoms with E-state index in [-0.39, 0.29) is 11.7 Å². The molecule has 2 aromatic rings. The maximum Gasteiger partial charge on any atom is 0.221 e. The molecule has 0 bridgehead atoms. The maximum atomic E-state index is 12.4. The van der Waals surface area contributed by atoms with Crippen LogP contribution in [0.4, 0.5) is 5.69 Å². The van der Waals surface area contributed by atoms with Gasteiger partial charge in [-0.1, -0.05) is 27.6 Å². The zero-order chi connectivity index (χ0) is 14.7. The van der Waals surface area contributed by atoms with Gasteiger partial charge in [0, 0.05) is 28.2 Å². The summed E-state index contributed by atoms with van der Waals surface area (Å²) in [6.45, 7) is 3.39. The molecule has 2 rings (SSSR count). The normalized spacial score (nSPS) is 10.2. The first-order chi connectivity index (χ1) is 9.47. The molecule has 0 fully saturated rings. The molecule has 0 radical (unpaired) electrons. The van der Waals surface area contributed by atoms with Gasteiger partial charge in [-0.2, -0.15) is 0 Å². The van der Waals surface area contributed by atoms with E-state index in [1.165, 1.54) is 6.92 Å². The molecule has 0 unspecified atom stereocenters. The molecule has 0 aliphatic rings. The summed E-state index contributed by atoms with van der Waals surface area (Å²) in [5.74, 6) is -0.180. The van der Waals surface area contributed by atoms with Gasteiger partial charge in [0.05, 0.1) is 0 Å². The second-order valence-electron chi connectivity index (χ2n) is 4.57. The fraction of sp³-hybridized carbons (Fsp3) is 0.125. The number of hydrogen-bond acceptors (Lipinski definition) is 2. The van der Waals surface area contributed by atoms with Gasteiger partial charge in [-0.15, -0.1) is 0 Å². The number of hydrogen-bond donors (Lipinski definition) is 1. The number of rotatable bonds is 3. The van der Waals surface area contributed by atoms with Crippen LogP contribution < -0.4 is 5.32 Å². The Morgan fingerprint density at radius 2 is 1.70 bits per heavy atom. The molecule has 4 heteroatoms. The Bertz CT molecular complexity index is 663. The first-order valence-electron chi connectivity index (χ1n) is 6.16. The van der Waals surface area contributed by atoms with Crippen molar-refractivity contribution in [2.75, 3.05) is 5.32 Å². The molecule has 0 saturated carbocycles. The van der Waals surface area contributed by atoms with Crippen LogP contribution in [0.1, 0.15) is 28.4 Å². The molecule has 0 spiro atoms. The standard InChI is InChI=1S/C16H14BrNO2/c1-10-3-8-15(17)14(9-10)16(20)12-4-6-13(7-5-12)18-11(2)19/h3-9H,1-2H3,(H,18,19). The molecular weight excluding hydrogens is 318 g/mol. The van der Waals surface area contributed by atoms with E-state index in [1.54, 1.807) is 24.3 Å². The molecule has 0 saturated heterocycles. The second kappa shape index (κ2) is 6.01. The Morgan fingerprint density at radius 1 is 1.05 bits per heavy atom. The van der Waals surface area contributed by atoms with Crippen molar-refractivity contribution < 1.29 is 9.59 Å². The van der Waals surface area contributed by atoms with Crippen LogP contribution in [-0.4, -0.2) is 11.7 Å². The predicted octanol–water partition coefficient (Wildman–Crippen LogP) is 3.95. The Morgan fingerprint density at radius 3 is 2.30 bits per heavy atom. The van der Waals surface area contributed by atoms with Crippen LogP contribution >= 0.6 is 15.9 Å². The number of benzene rings is 2. The van der Waals surface area contributed by atoms with Crippen LogP contribution in [-0.2, 0) is 4.79 Å². The lowest BCUT2D eigenvalue weighted by Crippen LogP contribution is -2.07. The quantitative estimate of drug-likeness (QED) is 0.865. The van der Waals surface area contributed by atoms with Crippen molar-refractivity contribution in [1.29, 1.82) is 0 Å². The average molecular weight is 332 g/mol. The monoisotopic (exact) mass is 331 g/mol. The summed E-state index contributed by atoms with van der Waals surface area (Å²) >= 11 is 3.40. The Balaban J connectivity index is 2.29. The van der Waals surface area contributed by atoms with E-state index in [4.69, 9.17) is 0 Å². The molecule has 0 heterocycles. The number of carbonyl (C=O) groups is 2. The van der Waals surface area contributed by atoms with Crippen molar-refractivity contribution in [3.8, 4) is 0 Å². The fourth-order valence-electron chi connectivity index (χ4n) is 1.88. The molecule has 1 N–H and O–H groups in total. The smallest absolute Gasteiger partial charge is 0.221 e. The van der Waals surface area contributed by atoms with Gasteiger partial charge >= 0.3 is 0 Å². The Labute approximate surface area is 126 Å². The summed E-state index contributed by atoms with van der Waals surface area (Å²) in [7, 11) is 0. The van der Waals surface area contributed by atoms with Gasteiger partial charge in [-0.25, -0.2) is 0 Å². The van der Waals surface area contributed by atoms with Gasteiger partial charge in [0.25, 0.3) is 0 Å². The molecule has 20 heavy (non-hydrogen) atoms. The lowest BCUT2D eigenvalue weighted by molar-refractivity contribution is -0.114. The summed E-state index contributed by atoms with van der Waals surface area (Å²) in [4.78, 5) is 23.4. The largest absolute Gasteiger partial charge is 0.326 e. The van der Waals surface area contributed by atoms with Crippen LogP contribution in [0, 0.1) is 6.92 Å². The second-order valence-corrected chi connectivity index (χ2v) is 5.43. The molecule has 0 aliphatic heterocycles. The molecule has 2 aromatic carbocycles. The van der Waals surface area contributed by atoms with E-state index in [0.717, 1.165) is 10.0 Å². The van der Waals surface area contributed by atoms with Gasteiger partial charge in [0.15, 0.2) is 5.78 Å². The number of halogens is 1. The van der Waals surface area contributed by atoms with E-state index in [1.807, 2.05) is 25.1 Å². The van der Waals surface area contributed by atoms with Crippen molar-refractivity contribution >= 4 is 33.3 Å². The molecular formula is C16H14BrNO2. The summed E-state index contributed by atoms with van der Waals surface area (Å²) in [6.07, 6.45) is 0. The highest BCUT2D eigenvalue weighted by molar-refractivity contribution is 9.10. The first-order valence-corrected chi connectivity index (χ1v) is 6.95. The molecule has 0 atom stereocenters.